The molecule has 5 nitrogen and oxygen atoms in total. The van der Waals surface area contributed by atoms with Crippen LogP contribution in [-0.4, -0.2) is 49.2 Å². The van der Waals surface area contributed by atoms with Crippen LogP contribution in [0.5, 0.6) is 0 Å². The summed E-state index contributed by atoms with van der Waals surface area (Å²) in [5.41, 5.74) is 7.37. The van der Waals surface area contributed by atoms with Gasteiger partial charge in [0.1, 0.15) is 0 Å². The van der Waals surface area contributed by atoms with E-state index in [1.54, 1.807) is 12.1 Å². The second kappa shape index (κ2) is 6.33. The Balaban J connectivity index is 2.28. The molecule has 2 rings (SSSR count). The van der Waals surface area contributed by atoms with Crippen LogP contribution in [0.3, 0.4) is 0 Å². The van der Waals surface area contributed by atoms with Gasteiger partial charge < -0.3 is 20.7 Å². The molecular weight excluding hydrogens is 276 g/mol. The summed E-state index contributed by atoms with van der Waals surface area (Å²) in [7, 11) is 4.17. The van der Waals surface area contributed by atoms with Crippen molar-refractivity contribution in [2.75, 3.05) is 32.1 Å². The number of rotatable bonds is 3. The highest BCUT2D eigenvalue weighted by Crippen LogP contribution is 2.28. The highest BCUT2D eigenvalue weighted by molar-refractivity contribution is 6.31. The van der Waals surface area contributed by atoms with Crippen LogP contribution in [-0.2, 0) is 0 Å². The van der Waals surface area contributed by atoms with E-state index < -0.39 is 0 Å². The molecular formula is C14H21ClN4O. The maximum Gasteiger partial charge on any atom is 0.172 e. The molecule has 1 aromatic carbocycles. The number of nitrogens with zero attached hydrogens (tertiary/aromatic N) is 3. The summed E-state index contributed by atoms with van der Waals surface area (Å²) in [6, 6.07) is 5.85. The van der Waals surface area contributed by atoms with Gasteiger partial charge in [0.15, 0.2) is 5.84 Å². The molecule has 0 atom stereocenters. The number of oxime groups is 1. The third-order valence-electron chi connectivity index (χ3n) is 3.96. The van der Waals surface area contributed by atoms with Crippen molar-refractivity contribution in [3.05, 3.63) is 28.8 Å². The monoisotopic (exact) mass is 296 g/mol. The molecule has 1 saturated heterocycles. The Morgan fingerprint density at radius 1 is 1.45 bits per heavy atom. The van der Waals surface area contributed by atoms with Crippen molar-refractivity contribution < 1.29 is 5.21 Å². The predicted molar refractivity (Wildman–Crippen MR) is 82.9 cm³/mol. The summed E-state index contributed by atoms with van der Waals surface area (Å²) >= 11 is 6.09. The van der Waals surface area contributed by atoms with Crippen LogP contribution in [0.25, 0.3) is 0 Å². The van der Waals surface area contributed by atoms with Gasteiger partial charge in [0.05, 0.1) is 0 Å². The van der Waals surface area contributed by atoms with Gasteiger partial charge in [-0.15, -0.1) is 0 Å². The fourth-order valence-corrected chi connectivity index (χ4v) is 2.81. The Kier molecular flexibility index (Phi) is 4.73. The van der Waals surface area contributed by atoms with E-state index in [9.17, 15) is 0 Å². The van der Waals surface area contributed by atoms with Gasteiger partial charge in [0.2, 0.25) is 0 Å². The van der Waals surface area contributed by atoms with Crippen LogP contribution in [0, 0.1) is 0 Å². The summed E-state index contributed by atoms with van der Waals surface area (Å²) in [4.78, 5) is 4.51. The van der Waals surface area contributed by atoms with Gasteiger partial charge >= 0.3 is 0 Å². The molecule has 0 spiro atoms. The predicted octanol–water partition coefficient (Wildman–Crippen LogP) is 1.96. The Morgan fingerprint density at radius 2 is 2.10 bits per heavy atom. The van der Waals surface area contributed by atoms with Gasteiger partial charge in [-0.3, -0.25) is 0 Å². The molecule has 20 heavy (non-hydrogen) atoms. The molecule has 110 valence electrons. The third-order valence-corrected chi connectivity index (χ3v) is 4.19. The number of nitrogens with two attached hydrogens (primary N) is 1. The highest BCUT2D eigenvalue weighted by atomic mass is 35.5. The zero-order chi connectivity index (χ0) is 14.7. The number of amidine groups is 1. The quantitative estimate of drug-likeness (QED) is 0.387. The van der Waals surface area contributed by atoms with Crippen LogP contribution in [0.4, 0.5) is 5.69 Å². The molecule has 0 aliphatic carbocycles. The highest BCUT2D eigenvalue weighted by Gasteiger charge is 2.23. The average Bonchev–Trinajstić information content (AvgIpc) is 2.46. The summed E-state index contributed by atoms with van der Waals surface area (Å²) in [5.74, 6) is 0.108. The van der Waals surface area contributed by atoms with Crippen molar-refractivity contribution >= 4 is 23.1 Å². The number of hydrogen-bond donors (Lipinski definition) is 2. The topological polar surface area (TPSA) is 65.1 Å². The summed E-state index contributed by atoms with van der Waals surface area (Å²) in [6.07, 6.45) is 2.18. The van der Waals surface area contributed by atoms with Crippen LogP contribution in [0.1, 0.15) is 18.4 Å². The standard InChI is InChI=1S/C14H21ClN4O/c1-18-7-5-11(6-8-18)19(2)13-9-10(15)3-4-12(13)14(16)17-20/h3-4,9,11,20H,5-8H2,1-2H3,(H2,16,17). The molecule has 1 aliphatic heterocycles. The minimum absolute atomic E-state index is 0.108. The first-order chi connectivity index (χ1) is 9.52. The average molecular weight is 297 g/mol. The van der Waals surface area contributed by atoms with Gasteiger partial charge in [-0.2, -0.15) is 0 Å². The SMILES string of the molecule is CN1CCC(N(C)c2cc(Cl)ccc2C(N)=NO)CC1. The van der Waals surface area contributed by atoms with E-state index in [0.29, 0.717) is 16.6 Å². The van der Waals surface area contributed by atoms with E-state index in [4.69, 9.17) is 22.5 Å². The molecule has 1 heterocycles. The number of piperidine rings is 1. The van der Waals surface area contributed by atoms with Crippen LogP contribution >= 0.6 is 11.6 Å². The molecule has 6 heteroatoms. The van der Waals surface area contributed by atoms with Crippen molar-refractivity contribution in [1.82, 2.24) is 4.90 Å². The Labute approximate surface area is 124 Å². The van der Waals surface area contributed by atoms with Crippen molar-refractivity contribution in [2.24, 2.45) is 10.9 Å². The van der Waals surface area contributed by atoms with Crippen LogP contribution in [0.15, 0.2) is 23.4 Å². The first-order valence-corrected chi connectivity index (χ1v) is 7.09. The smallest absolute Gasteiger partial charge is 0.172 e. The van der Waals surface area contributed by atoms with Crippen molar-refractivity contribution in [3.63, 3.8) is 0 Å². The molecule has 3 N–H and O–H groups in total. The first kappa shape index (κ1) is 14.9. The summed E-state index contributed by atoms with van der Waals surface area (Å²) in [5, 5.41) is 12.7. The summed E-state index contributed by atoms with van der Waals surface area (Å²) in [6.45, 7) is 2.16. The molecule has 1 fully saturated rings. The maximum absolute atomic E-state index is 8.91. The lowest BCUT2D eigenvalue weighted by Crippen LogP contribution is -2.42. The Morgan fingerprint density at radius 3 is 2.70 bits per heavy atom. The van der Waals surface area contributed by atoms with Crippen LogP contribution < -0.4 is 10.6 Å². The van der Waals surface area contributed by atoms with E-state index in [1.165, 1.54) is 0 Å². The minimum atomic E-state index is 0.108. The number of likely N-dealkylation sites (tertiary alicyclic amines) is 1. The molecule has 0 amide bonds. The second-order valence-corrected chi connectivity index (χ2v) is 5.73. The van der Waals surface area contributed by atoms with Gasteiger partial charge in [-0.25, -0.2) is 0 Å². The fraction of sp³-hybridized carbons (Fsp3) is 0.500. The maximum atomic E-state index is 8.91. The lowest BCUT2D eigenvalue weighted by Gasteiger charge is -2.37. The normalized spacial score (nSPS) is 18.2. The molecule has 0 aromatic heterocycles. The zero-order valence-corrected chi connectivity index (χ0v) is 12.6. The summed E-state index contributed by atoms with van der Waals surface area (Å²) < 4.78 is 0. The van der Waals surface area contributed by atoms with Crippen molar-refractivity contribution in [2.45, 2.75) is 18.9 Å². The molecule has 0 unspecified atom stereocenters. The van der Waals surface area contributed by atoms with Gasteiger partial charge in [0, 0.05) is 29.4 Å². The molecule has 1 aliphatic rings. The fourth-order valence-electron chi connectivity index (χ4n) is 2.65. The third kappa shape index (κ3) is 3.16. The number of anilines is 1. The number of halogens is 1. The van der Waals surface area contributed by atoms with E-state index >= 15 is 0 Å². The second-order valence-electron chi connectivity index (χ2n) is 5.29. The Hall–Kier alpha value is -1.46. The van der Waals surface area contributed by atoms with Crippen molar-refractivity contribution in [3.8, 4) is 0 Å². The van der Waals surface area contributed by atoms with Gasteiger partial charge in [-0.05, 0) is 51.2 Å². The lowest BCUT2D eigenvalue weighted by molar-refractivity contribution is 0.253. The van der Waals surface area contributed by atoms with E-state index in [2.05, 4.69) is 22.0 Å². The number of benzene rings is 1. The van der Waals surface area contributed by atoms with E-state index in [1.807, 2.05) is 13.1 Å². The minimum Gasteiger partial charge on any atom is -0.409 e. The lowest BCUT2D eigenvalue weighted by atomic mass is 10.0. The molecule has 0 radical (unpaired) electrons. The largest absolute Gasteiger partial charge is 0.409 e. The number of hydrogen-bond acceptors (Lipinski definition) is 4. The van der Waals surface area contributed by atoms with Gasteiger partial charge in [0.25, 0.3) is 0 Å². The first-order valence-electron chi connectivity index (χ1n) is 6.71. The molecule has 0 bridgehead atoms. The molecule has 1 aromatic rings. The van der Waals surface area contributed by atoms with Gasteiger partial charge in [-0.1, -0.05) is 16.8 Å². The Bertz CT molecular complexity index is 498. The van der Waals surface area contributed by atoms with E-state index in [0.717, 1.165) is 31.6 Å². The van der Waals surface area contributed by atoms with E-state index in [-0.39, 0.29) is 5.84 Å². The van der Waals surface area contributed by atoms with Crippen molar-refractivity contribution in [1.29, 1.82) is 0 Å². The van der Waals surface area contributed by atoms with Crippen LogP contribution in [0.2, 0.25) is 5.02 Å². The zero-order valence-electron chi connectivity index (χ0n) is 11.9. The molecule has 0 saturated carbocycles.